The maximum Gasteiger partial charge on any atom is 0.230 e. The number of aromatic nitrogens is 5. The summed E-state index contributed by atoms with van der Waals surface area (Å²) in [5.41, 5.74) is 2.19. The van der Waals surface area contributed by atoms with E-state index in [1.54, 1.807) is 25.6 Å². The molecule has 26 heavy (non-hydrogen) atoms. The topological polar surface area (TPSA) is 90.1 Å². The van der Waals surface area contributed by atoms with Crippen molar-refractivity contribution in [1.29, 1.82) is 0 Å². The first kappa shape index (κ1) is 16.7. The van der Waals surface area contributed by atoms with E-state index in [0.29, 0.717) is 28.4 Å². The standard InChI is InChI=1S/C17H17ClN6O2/c1-10-16(20-6-5-19-10)11-8-13(26-23-11)12-4-3-7-24(12)17-21-14(18)9-15(22-17)25-2/h5-6,8-9,12H,3-4,7H2,1-2H3/t12-/m0/s1. The molecule has 0 radical (unpaired) electrons. The van der Waals surface area contributed by atoms with Crippen LogP contribution in [0.3, 0.4) is 0 Å². The Morgan fingerprint density at radius 1 is 1.23 bits per heavy atom. The number of rotatable bonds is 4. The molecule has 3 aromatic rings. The maximum absolute atomic E-state index is 6.09. The zero-order chi connectivity index (χ0) is 18.1. The van der Waals surface area contributed by atoms with E-state index in [9.17, 15) is 0 Å². The molecule has 0 spiro atoms. The molecule has 3 aromatic heterocycles. The second kappa shape index (κ2) is 6.87. The molecule has 1 fully saturated rings. The molecule has 1 saturated heterocycles. The maximum atomic E-state index is 6.09. The van der Waals surface area contributed by atoms with Gasteiger partial charge in [-0.25, -0.2) is 4.98 Å². The minimum absolute atomic E-state index is 0.0172. The van der Waals surface area contributed by atoms with Gasteiger partial charge in [-0.05, 0) is 19.8 Å². The molecule has 1 atom stereocenters. The van der Waals surface area contributed by atoms with Gasteiger partial charge in [-0.1, -0.05) is 16.8 Å². The highest BCUT2D eigenvalue weighted by molar-refractivity contribution is 6.29. The van der Waals surface area contributed by atoms with Crippen molar-refractivity contribution in [1.82, 2.24) is 25.1 Å². The highest BCUT2D eigenvalue weighted by atomic mass is 35.5. The normalized spacial score (nSPS) is 16.9. The Bertz CT molecular complexity index is 931. The first-order valence-electron chi connectivity index (χ1n) is 8.25. The summed E-state index contributed by atoms with van der Waals surface area (Å²) in [7, 11) is 1.55. The van der Waals surface area contributed by atoms with E-state index in [2.05, 4.69) is 30.0 Å². The first-order valence-corrected chi connectivity index (χ1v) is 8.63. The van der Waals surface area contributed by atoms with Crippen molar-refractivity contribution in [2.75, 3.05) is 18.6 Å². The number of hydrogen-bond acceptors (Lipinski definition) is 8. The lowest BCUT2D eigenvalue weighted by Gasteiger charge is -2.22. The number of methoxy groups -OCH3 is 1. The van der Waals surface area contributed by atoms with Crippen LogP contribution in [-0.4, -0.2) is 38.7 Å². The molecular weight excluding hydrogens is 356 g/mol. The van der Waals surface area contributed by atoms with Gasteiger partial charge in [0, 0.05) is 31.1 Å². The van der Waals surface area contributed by atoms with Gasteiger partial charge in [-0.3, -0.25) is 9.97 Å². The lowest BCUT2D eigenvalue weighted by atomic mass is 10.1. The molecule has 0 unspecified atom stereocenters. The third-order valence-corrected chi connectivity index (χ3v) is 4.55. The molecule has 0 N–H and O–H groups in total. The highest BCUT2D eigenvalue weighted by Gasteiger charge is 2.32. The molecule has 1 aliphatic rings. The summed E-state index contributed by atoms with van der Waals surface area (Å²) < 4.78 is 10.8. The van der Waals surface area contributed by atoms with Crippen molar-refractivity contribution in [3.05, 3.63) is 41.1 Å². The zero-order valence-electron chi connectivity index (χ0n) is 14.4. The van der Waals surface area contributed by atoms with E-state index in [4.69, 9.17) is 20.9 Å². The number of halogens is 1. The number of hydrogen-bond donors (Lipinski definition) is 0. The van der Waals surface area contributed by atoms with Crippen molar-refractivity contribution >= 4 is 17.5 Å². The predicted octanol–water partition coefficient (Wildman–Crippen LogP) is 3.23. The molecule has 4 heterocycles. The van der Waals surface area contributed by atoms with Gasteiger partial charge in [-0.2, -0.15) is 4.98 Å². The number of aryl methyl sites for hydroxylation is 1. The molecule has 0 aromatic carbocycles. The van der Waals surface area contributed by atoms with Gasteiger partial charge in [0.05, 0.1) is 18.8 Å². The largest absolute Gasteiger partial charge is 0.481 e. The molecule has 134 valence electrons. The third-order valence-electron chi connectivity index (χ3n) is 4.36. The lowest BCUT2D eigenvalue weighted by molar-refractivity contribution is 0.361. The fourth-order valence-corrected chi connectivity index (χ4v) is 3.31. The molecule has 0 bridgehead atoms. The van der Waals surface area contributed by atoms with E-state index in [-0.39, 0.29) is 6.04 Å². The summed E-state index contributed by atoms with van der Waals surface area (Å²) in [6, 6.07) is 3.47. The quantitative estimate of drug-likeness (QED) is 0.645. The van der Waals surface area contributed by atoms with Crippen LogP contribution in [0.5, 0.6) is 5.88 Å². The van der Waals surface area contributed by atoms with Gasteiger partial charge in [0.15, 0.2) is 5.76 Å². The number of nitrogens with zero attached hydrogens (tertiary/aromatic N) is 6. The number of anilines is 1. The Labute approximate surface area is 155 Å². The Kier molecular flexibility index (Phi) is 4.42. The molecule has 0 amide bonds. The van der Waals surface area contributed by atoms with Gasteiger partial charge >= 0.3 is 0 Å². The molecule has 8 nitrogen and oxygen atoms in total. The summed E-state index contributed by atoms with van der Waals surface area (Å²) in [5.74, 6) is 1.69. The second-order valence-corrected chi connectivity index (χ2v) is 6.38. The lowest BCUT2D eigenvalue weighted by Crippen LogP contribution is -2.24. The van der Waals surface area contributed by atoms with E-state index in [1.807, 2.05) is 13.0 Å². The summed E-state index contributed by atoms with van der Waals surface area (Å²) in [6.07, 6.45) is 5.20. The fourth-order valence-electron chi connectivity index (χ4n) is 3.14. The number of ether oxygens (including phenoxy) is 1. The summed E-state index contributed by atoms with van der Waals surface area (Å²) in [6.45, 7) is 2.69. The minimum Gasteiger partial charge on any atom is -0.481 e. The zero-order valence-corrected chi connectivity index (χ0v) is 15.1. The third kappa shape index (κ3) is 3.08. The molecule has 9 heteroatoms. The van der Waals surface area contributed by atoms with Crippen LogP contribution >= 0.6 is 11.6 Å². The van der Waals surface area contributed by atoms with Crippen LogP contribution in [0, 0.1) is 6.92 Å². The van der Waals surface area contributed by atoms with Gasteiger partial charge in [0.2, 0.25) is 11.8 Å². The van der Waals surface area contributed by atoms with Crippen LogP contribution in [0.25, 0.3) is 11.4 Å². The average molecular weight is 373 g/mol. The van der Waals surface area contributed by atoms with Crippen LogP contribution in [0.15, 0.2) is 29.0 Å². The predicted molar refractivity (Wildman–Crippen MR) is 95.2 cm³/mol. The van der Waals surface area contributed by atoms with E-state index in [0.717, 1.165) is 30.8 Å². The molecule has 4 rings (SSSR count). The fraction of sp³-hybridized carbons (Fsp3) is 0.353. The summed E-state index contributed by atoms with van der Waals surface area (Å²) >= 11 is 6.09. The van der Waals surface area contributed by atoms with Crippen LogP contribution in [0.2, 0.25) is 5.15 Å². The van der Waals surface area contributed by atoms with Crippen LogP contribution in [0.4, 0.5) is 5.95 Å². The Balaban J connectivity index is 1.66. The Hall–Kier alpha value is -2.74. The van der Waals surface area contributed by atoms with E-state index in [1.165, 1.54) is 0 Å². The van der Waals surface area contributed by atoms with Crippen molar-refractivity contribution in [2.24, 2.45) is 0 Å². The molecule has 1 aliphatic heterocycles. The van der Waals surface area contributed by atoms with Gasteiger partial charge < -0.3 is 14.2 Å². The second-order valence-electron chi connectivity index (χ2n) is 5.99. The molecule has 0 saturated carbocycles. The van der Waals surface area contributed by atoms with Gasteiger partial charge in [-0.15, -0.1) is 0 Å². The van der Waals surface area contributed by atoms with E-state index < -0.39 is 0 Å². The Morgan fingerprint density at radius 2 is 2.08 bits per heavy atom. The highest BCUT2D eigenvalue weighted by Crippen LogP contribution is 2.36. The summed E-state index contributed by atoms with van der Waals surface area (Å²) in [5, 5.41) is 4.51. The van der Waals surface area contributed by atoms with Crippen molar-refractivity contribution in [3.8, 4) is 17.3 Å². The van der Waals surface area contributed by atoms with E-state index >= 15 is 0 Å². The summed E-state index contributed by atoms with van der Waals surface area (Å²) in [4.78, 5) is 19.4. The smallest absolute Gasteiger partial charge is 0.230 e. The van der Waals surface area contributed by atoms with Crippen molar-refractivity contribution < 1.29 is 9.26 Å². The van der Waals surface area contributed by atoms with Gasteiger partial charge in [0.1, 0.15) is 16.5 Å². The van der Waals surface area contributed by atoms with Crippen LogP contribution in [-0.2, 0) is 0 Å². The average Bonchev–Trinajstić information content (AvgIpc) is 3.30. The van der Waals surface area contributed by atoms with Crippen LogP contribution < -0.4 is 9.64 Å². The minimum atomic E-state index is -0.0172. The van der Waals surface area contributed by atoms with Gasteiger partial charge in [0.25, 0.3) is 0 Å². The monoisotopic (exact) mass is 372 g/mol. The first-order chi connectivity index (χ1) is 12.7. The molecule has 0 aliphatic carbocycles. The Morgan fingerprint density at radius 3 is 2.88 bits per heavy atom. The van der Waals surface area contributed by atoms with Crippen molar-refractivity contribution in [2.45, 2.75) is 25.8 Å². The SMILES string of the molecule is COc1cc(Cl)nc(N2CCC[C@H]2c2cc(-c3nccnc3C)no2)n1. The van der Waals surface area contributed by atoms with Crippen LogP contribution in [0.1, 0.15) is 30.3 Å². The molecular formula is C17H17ClN6O2. The van der Waals surface area contributed by atoms with Crippen molar-refractivity contribution in [3.63, 3.8) is 0 Å².